The highest BCUT2D eigenvalue weighted by Crippen LogP contribution is 2.23. The number of aryl methyl sites for hydroxylation is 1. The van der Waals surface area contributed by atoms with Gasteiger partial charge >= 0.3 is 0 Å². The molecule has 0 saturated heterocycles. The van der Waals surface area contributed by atoms with Crippen molar-refractivity contribution in [2.75, 3.05) is 0 Å². The topological polar surface area (TPSA) is 95.5 Å². The zero-order chi connectivity index (χ0) is 18.1. The van der Waals surface area contributed by atoms with Crippen molar-refractivity contribution < 1.29 is 9.13 Å². The molecule has 3 heterocycles. The van der Waals surface area contributed by atoms with Crippen LogP contribution in [0.15, 0.2) is 55.0 Å². The van der Waals surface area contributed by atoms with Crippen molar-refractivity contribution in [3.63, 3.8) is 0 Å². The Morgan fingerprint density at radius 1 is 0.880 bits per heavy atom. The van der Waals surface area contributed by atoms with Crippen LogP contribution in [-0.2, 0) is 0 Å². The zero-order valence-electron chi connectivity index (χ0n) is 13.2. The molecule has 0 spiro atoms. The first-order chi connectivity index (χ1) is 12.2. The summed E-state index contributed by atoms with van der Waals surface area (Å²) in [5.41, 5.74) is 1.15. The molecule has 7 heteroatoms. The van der Waals surface area contributed by atoms with Crippen LogP contribution in [0.25, 0.3) is 0 Å². The fourth-order valence-corrected chi connectivity index (χ4v) is 1.71. The Balaban J connectivity index is 0.000000212. The van der Waals surface area contributed by atoms with E-state index in [9.17, 15) is 4.39 Å². The van der Waals surface area contributed by atoms with Crippen LogP contribution in [0, 0.1) is 35.5 Å². The fourth-order valence-electron chi connectivity index (χ4n) is 1.71. The van der Waals surface area contributed by atoms with E-state index >= 15 is 0 Å². The maximum atomic E-state index is 12.3. The molecular weight excluding hydrogens is 321 g/mol. The molecule has 6 nitrogen and oxygen atoms in total. The van der Waals surface area contributed by atoms with Crippen molar-refractivity contribution >= 4 is 0 Å². The number of nitrogens with zero attached hydrogens (tertiary/aromatic N) is 5. The first-order valence-corrected chi connectivity index (χ1v) is 7.11. The summed E-state index contributed by atoms with van der Waals surface area (Å²) >= 11 is 0. The minimum atomic E-state index is -0.708. The van der Waals surface area contributed by atoms with E-state index < -0.39 is 5.95 Å². The molecule has 3 rings (SSSR count). The summed E-state index contributed by atoms with van der Waals surface area (Å²) in [6.07, 6.45) is 4.57. The van der Waals surface area contributed by atoms with Crippen molar-refractivity contribution in [1.82, 2.24) is 15.0 Å². The largest absolute Gasteiger partial charge is 0.436 e. The third-order valence-electron chi connectivity index (χ3n) is 2.94. The summed E-state index contributed by atoms with van der Waals surface area (Å²) in [6.45, 7) is 1.84. The lowest BCUT2D eigenvalue weighted by molar-refractivity contribution is 0.455. The van der Waals surface area contributed by atoms with Crippen molar-refractivity contribution in [3.05, 3.63) is 77.8 Å². The molecule has 0 fully saturated rings. The molecule has 0 atom stereocenters. The normalized spacial score (nSPS) is 9.12. The highest BCUT2D eigenvalue weighted by Gasteiger charge is 2.07. The molecule has 0 bridgehead atoms. The van der Waals surface area contributed by atoms with Crippen LogP contribution in [0.2, 0.25) is 0 Å². The fraction of sp³-hybridized carbons (Fsp3) is 0.0556. The predicted molar refractivity (Wildman–Crippen MR) is 86.9 cm³/mol. The maximum Gasteiger partial charge on any atom is 0.237 e. The molecule has 0 aliphatic carbocycles. The van der Waals surface area contributed by atoms with E-state index in [0.717, 1.165) is 5.69 Å². The number of hydrogen-bond donors (Lipinski definition) is 0. The minimum absolute atomic E-state index is 0.0162. The predicted octanol–water partition coefficient (Wildman–Crippen LogP) is 3.54. The van der Waals surface area contributed by atoms with Gasteiger partial charge in [0.1, 0.15) is 23.3 Å². The smallest absolute Gasteiger partial charge is 0.237 e. The van der Waals surface area contributed by atoms with Crippen LogP contribution in [-0.4, -0.2) is 15.0 Å². The second kappa shape index (κ2) is 8.70. The average molecular weight is 333 g/mol. The van der Waals surface area contributed by atoms with Crippen LogP contribution in [0.4, 0.5) is 4.39 Å². The first kappa shape index (κ1) is 17.5. The van der Waals surface area contributed by atoms with Crippen molar-refractivity contribution in [3.8, 4) is 23.8 Å². The van der Waals surface area contributed by atoms with E-state index in [1.165, 1.54) is 18.3 Å². The van der Waals surface area contributed by atoms with Gasteiger partial charge in [-0.3, -0.25) is 4.98 Å². The molecule has 0 aromatic carbocycles. The maximum absolute atomic E-state index is 12.3. The molecule has 3 aromatic heterocycles. The van der Waals surface area contributed by atoms with Gasteiger partial charge in [-0.05, 0) is 43.3 Å². The van der Waals surface area contributed by atoms with E-state index in [0.29, 0.717) is 17.2 Å². The lowest BCUT2D eigenvalue weighted by Crippen LogP contribution is -1.94. The Labute approximate surface area is 143 Å². The number of ether oxygens (including phenoxy) is 1. The molecule has 0 radical (unpaired) electrons. The van der Waals surface area contributed by atoms with Crippen LogP contribution < -0.4 is 4.74 Å². The van der Waals surface area contributed by atoms with Gasteiger partial charge in [-0.25, -0.2) is 9.97 Å². The molecule has 0 amide bonds. The summed E-state index contributed by atoms with van der Waals surface area (Å²) in [5.74, 6) is 0.207. The van der Waals surface area contributed by atoms with E-state index in [1.807, 2.05) is 13.0 Å². The Morgan fingerprint density at radius 2 is 1.48 bits per heavy atom. The number of rotatable bonds is 2. The molecule has 122 valence electrons. The highest BCUT2D eigenvalue weighted by molar-refractivity contribution is 5.40. The molecule has 0 aliphatic heterocycles. The first-order valence-electron chi connectivity index (χ1n) is 7.11. The third kappa shape index (κ3) is 4.81. The van der Waals surface area contributed by atoms with Gasteiger partial charge in [0.15, 0.2) is 5.75 Å². The Morgan fingerprint density at radius 3 is 2.08 bits per heavy atom. The summed E-state index contributed by atoms with van der Waals surface area (Å²) in [5, 5.41) is 17.1. The molecule has 0 unspecified atom stereocenters. The monoisotopic (exact) mass is 333 g/mol. The van der Waals surface area contributed by atoms with Crippen molar-refractivity contribution in [1.29, 1.82) is 10.5 Å². The summed E-state index contributed by atoms with van der Waals surface area (Å²) < 4.78 is 17.8. The number of aromatic nitrogens is 3. The van der Waals surface area contributed by atoms with Gasteiger partial charge in [0.2, 0.25) is 11.8 Å². The van der Waals surface area contributed by atoms with Crippen molar-refractivity contribution in [2.24, 2.45) is 0 Å². The third-order valence-corrected chi connectivity index (χ3v) is 2.94. The molecule has 0 saturated carbocycles. The molecule has 3 aromatic rings. The number of pyridine rings is 3. The van der Waals surface area contributed by atoms with E-state index in [4.69, 9.17) is 15.3 Å². The summed E-state index contributed by atoms with van der Waals surface area (Å²) in [4.78, 5) is 11.4. The van der Waals surface area contributed by atoms with Crippen LogP contribution in [0.1, 0.15) is 16.8 Å². The summed E-state index contributed by atoms with van der Waals surface area (Å²) in [6, 6.07) is 13.5. The van der Waals surface area contributed by atoms with Gasteiger partial charge in [0, 0.05) is 18.6 Å². The lowest BCUT2D eigenvalue weighted by atomic mass is 10.3. The number of halogens is 1. The van der Waals surface area contributed by atoms with Crippen molar-refractivity contribution in [2.45, 2.75) is 6.92 Å². The van der Waals surface area contributed by atoms with Gasteiger partial charge in [-0.15, -0.1) is 0 Å². The molecule has 0 N–H and O–H groups in total. The zero-order valence-corrected chi connectivity index (χ0v) is 13.2. The van der Waals surface area contributed by atoms with Crippen LogP contribution in [0.3, 0.4) is 0 Å². The average Bonchev–Trinajstić information content (AvgIpc) is 2.65. The quantitative estimate of drug-likeness (QED) is 0.666. The lowest BCUT2D eigenvalue weighted by Gasteiger charge is -2.07. The van der Waals surface area contributed by atoms with Gasteiger partial charge in [0.05, 0.1) is 5.69 Å². The SMILES string of the molecule is Cc1ncccc1Oc1ncccc1C#N.N#Cc1cccnc1F. The summed E-state index contributed by atoms with van der Waals surface area (Å²) in [7, 11) is 0. The van der Waals surface area contributed by atoms with E-state index in [2.05, 4.69) is 15.0 Å². The number of nitriles is 2. The minimum Gasteiger partial charge on any atom is -0.436 e. The van der Waals surface area contributed by atoms with Gasteiger partial charge < -0.3 is 4.74 Å². The van der Waals surface area contributed by atoms with Gasteiger partial charge in [-0.2, -0.15) is 14.9 Å². The second-order valence-corrected chi connectivity index (χ2v) is 4.61. The molecule has 25 heavy (non-hydrogen) atoms. The van der Waals surface area contributed by atoms with Gasteiger partial charge in [-0.1, -0.05) is 0 Å². The highest BCUT2D eigenvalue weighted by atomic mass is 19.1. The molecular formula is C18H12FN5O. The van der Waals surface area contributed by atoms with E-state index in [-0.39, 0.29) is 5.56 Å². The standard InChI is InChI=1S/C12H9N3O.C6H3FN2/c1-9-11(5-3-6-14-9)16-12-10(8-13)4-2-7-15-12;7-6-5(4-8)2-1-3-9-6/h2-7H,1H3;1-3H. The van der Waals surface area contributed by atoms with Gasteiger partial charge in [0.25, 0.3) is 0 Å². The van der Waals surface area contributed by atoms with Crippen LogP contribution >= 0.6 is 0 Å². The molecule has 0 aliphatic rings. The number of hydrogen-bond acceptors (Lipinski definition) is 6. The van der Waals surface area contributed by atoms with E-state index in [1.54, 1.807) is 42.7 Å². The Kier molecular flexibility index (Phi) is 6.10. The second-order valence-electron chi connectivity index (χ2n) is 4.61. The Hall–Kier alpha value is -3.84. The van der Waals surface area contributed by atoms with Crippen LogP contribution in [0.5, 0.6) is 11.6 Å². The Bertz CT molecular complexity index is 946.